The fourth-order valence-corrected chi connectivity index (χ4v) is 1.94. The number of aromatic hydroxyl groups is 2. The summed E-state index contributed by atoms with van der Waals surface area (Å²) in [6.45, 7) is 0. The van der Waals surface area contributed by atoms with Crippen LogP contribution >= 0.6 is 0 Å². The van der Waals surface area contributed by atoms with Crippen LogP contribution in [0.25, 0.3) is 6.08 Å². The number of hydrogen-bond donors (Lipinski definition) is 2. The molecule has 1 heterocycles. The van der Waals surface area contributed by atoms with E-state index in [4.69, 9.17) is 4.74 Å². The molecule has 0 unspecified atom stereocenters. The molecule has 2 aromatic carbocycles. The van der Waals surface area contributed by atoms with E-state index in [-0.39, 0.29) is 28.6 Å². The number of benzene rings is 2. The van der Waals surface area contributed by atoms with Gasteiger partial charge in [-0.15, -0.1) is 0 Å². The molecule has 0 saturated heterocycles. The highest BCUT2D eigenvalue weighted by Crippen LogP contribution is 2.44. The van der Waals surface area contributed by atoms with Gasteiger partial charge in [0.2, 0.25) is 11.5 Å². The Labute approximate surface area is 113 Å². The summed E-state index contributed by atoms with van der Waals surface area (Å²) >= 11 is 0. The van der Waals surface area contributed by atoms with E-state index < -0.39 is 11.5 Å². The monoisotopic (exact) mass is 272 g/mol. The summed E-state index contributed by atoms with van der Waals surface area (Å²) < 4.78 is 18.1. The molecule has 5 heteroatoms. The summed E-state index contributed by atoms with van der Waals surface area (Å²) in [5.74, 6) is -1.68. The number of phenols is 2. The van der Waals surface area contributed by atoms with Crippen LogP contribution in [0.4, 0.5) is 4.39 Å². The average Bonchev–Trinajstić information content (AvgIpc) is 2.75. The normalized spacial score (nSPS) is 15.2. The highest BCUT2D eigenvalue weighted by Gasteiger charge is 2.31. The van der Waals surface area contributed by atoms with Gasteiger partial charge in [-0.1, -0.05) is 12.1 Å². The number of rotatable bonds is 1. The second-order valence-corrected chi connectivity index (χ2v) is 4.30. The van der Waals surface area contributed by atoms with E-state index in [1.54, 1.807) is 0 Å². The highest BCUT2D eigenvalue weighted by molar-refractivity contribution is 6.15. The SMILES string of the molecule is O=C1/C(=C\c2ccc(F)cc2)Oc2c1ccc(O)c2O. The molecule has 100 valence electrons. The van der Waals surface area contributed by atoms with Crippen LogP contribution in [0, 0.1) is 5.82 Å². The molecular weight excluding hydrogens is 263 g/mol. The summed E-state index contributed by atoms with van der Waals surface area (Å²) in [5.41, 5.74) is 0.764. The van der Waals surface area contributed by atoms with Gasteiger partial charge in [-0.3, -0.25) is 4.79 Å². The molecule has 0 amide bonds. The fourth-order valence-electron chi connectivity index (χ4n) is 1.94. The lowest BCUT2D eigenvalue weighted by molar-refractivity contribution is 0.101. The number of carbonyl (C=O) groups excluding carboxylic acids is 1. The minimum atomic E-state index is -0.474. The van der Waals surface area contributed by atoms with E-state index in [0.717, 1.165) is 0 Å². The third-order valence-electron chi connectivity index (χ3n) is 2.96. The van der Waals surface area contributed by atoms with E-state index in [2.05, 4.69) is 0 Å². The maximum Gasteiger partial charge on any atom is 0.232 e. The Morgan fingerprint density at radius 2 is 1.75 bits per heavy atom. The lowest BCUT2D eigenvalue weighted by atomic mass is 10.1. The number of ketones is 1. The molecule has 0 radical (unpaired) electrons. The summed E-state index contributed by atoms with van der Waals surface area (Å²) in [5, 5.41) is 19.0. The first-order chi connectivity index (χ1) is 9.56. The maximum absolute atomic E-state index is 12.8. The third-order valence-corrected chi connectivity index (χ3v) is 2.96. The predicted octanol–water partition coefficient (Wildman–Crippen LogP) is 2.85. The number of fused-ring (bicyclic) bond motifs is 1. The molecule has 2 N–H and O–H groups in total. The van der Waals surface area contributed by atoms with Crippen LogP contribution < -0.4 is 4.74 Å². The number of carbonyl (C=O) groups is 1. The maximum atomic E-state index is 12.8. The molecule has 1 aliphatic rings. The Hall–Kier alpha value is -2.82. The Bertz CT molecular complexity index is 732. The van der Waals surface area contributed by atoms with Gasteiger partial charge in [0.25, 0.3) is 0 Å². The molecule has 0 saturated carbocycles. The van der Waals surface area contributed by atoms with Crippen molar-refractivity contribution in [3.8, 4) is 17.2 Å². The molecule has 3 rings (SSSR count). The van der Waals surface area contributed by atoms with Crippen LogP contribution in [0.5, 0.6) is 17.2 Å². The van der Waals surface area contributed by atoms with Crippen molar-refractivity contribution in [3.63, 3.8) is 0 Å². The molecular formula is C15H9FO4. The number of allylic oxidation sites excluding steroid dienone is 1. The Balaban J connectivity index is 2.01. The van der Waals surface area contributed by atoms with Gasteiger partial charge in [0, 0.05) is 0 Å². The molecule has 1 aliphatic heterocycles. The third kappa shape index (κ3) is 1.89. The zero-order valence-electron chi connectivity index (χ0n) is 10.1. The minimum Gasteiger partial charge on any atom is -0.504 e. The standard InChI is InChI=1S/C15H9FO4/c16-9-3-1-8(2-4-9)7-12-13(18)10-5-6-11(17)14(19)15(10)20-12/h1-7,17,19H/b12-7+. The van der Waals surface area contributed by atoms with Crippen LogP contribution in [0.2, 0.25) is 0 Å². The molecule has 2 aromatic rings. The summed E-state index contributed by atoms with van der Waals surface area (Å²) in [6.07, 6.45) is 1.44. The number of phenolic OH excluding ortho intramolecular Hbond substituents is 2. The molecule has 0 aliphatic carbocycles. The van der Waals surface area contributed by atoms with Crippen molar-refractivity contribution >= 4 is 11.9 Å². The molecule has 0 spiro atoms. The number of Topliss-reactive ketones (excluding diaryl/α,β-unsaturated/α-hetero) is 1. The van der Waals surface area contributed by atoms with Gasteiger partial charge in [0.1, 0.15) is 5.82 Å². The van der Waals surface area contributed by atoms with E-state index in [9.17, 15) is 19.4 Å². The van der Waals surface area contributed by atoms with Crippen molar-refractivity contribution in [1.82, 2.24) is 0 Å². The Morgan fingerprint density at radius 1 is 1.05 bits per heavy atom. The van der Waals surface area contributed by atoms with Gasteiger partial charge < -0.3 is 14.9 Å². The number of ether oxygens (including phenoxy) is 1. The average molecular weight is 272 g/mol. The van der Waals surface area contributed by atoms with Crippen LogP contribution in [-0.2, 0) is 0 Å². The predicted molar refractivity (Wildman–Crippen MR) is 69.1 cm³/mol. The molecule has 0 atom stereocenters. The first kappa shape index (κ1) is 12.2. The lowest BCUT2D eigenvalue weighted by Crippen LogP contribution is -1.97. The molecule has 4 nitrogen and oxygen atoms in total. The van der Waals surface area contributed by atoms with Crippen molar-refractivity contribution in [2.45, 2.75) is 0 Å². The summed E-state index contributed by atoms with van der Waals surface area (Å²) in [4.78, 5) is 12.1. The second-order valence-electron chi connectivity index (χ2n) is 4.30. The van der Waals surface area contributed by atoms with Crippen LogP contribution in [0.1, 0.15) is 15.9 Å². The van der Waals surface area contributed by atoms with Crippen molar-refractivity contribution in [2.75, 3.05) is 0 Å². The van der Waals surface area contributed by atoms with Crippen molar-refractivity contribution in [3.05, 3.63) is 59.1 Å². The Morgan fingerprint density at radius 3 is 2.45 bits per heavy atom. The van der Waals surface area contributed by atoms with Gasteiger partial charge in [0.05, 0.1) is 5.56 Å². The zero-order chi connectivity index (χ0) is 14.3. The van der Waals surface area contributed by atoms with E-state index in [0.29, 0.717) is 5.56 Å². The van der Waals surface area contributed by atoms with Crippen LogP contribution in [-0.4, -0.2) is 16.0 Å². The van der Waals surface area contributed by atoms with Crippen molar-refractivity contribution in [2.24, 2.45) is 0 Å². The molecule has 0 fully saturated rings. The minimum absolute atomic E-state index is 0.00695. The molecule has 20 heavy (non-hydrogen) atoms. The highest BCUT2D eigenvalue weighted by atomic mass is 19.1. The van der Waals surface area contributed by atoms with E-state index in [1.165, 1.54) is 42.5 Å². The van der Waals surface area contributed by atoms with Gasteiger partial charge in [-0.2, -0.15) is 0 Å². The second kappa shape index (κ2) is 4.38. The zero-order valence-corrected chi connectivity index (χ0v) is 10.1. The summed E-state index contributed by atoms with van der Waals surface area (Å²) in [6, 6.07) is 8.12. The molecule has 0 bridgehead atoms. The van der Waals surface area contributed by atoms with Gasteiger partial charge in [-0.05, 0) is 35.9 Å². The number of hydrogen-bond acceptors (Lipinski definition) is 4. The van der Waals surface area contributed by atoms with Crippen LogP contribution in [0.15, 0.2) is 42.2 Å². The smallest absolute Gasteiger partial charge is 0.232 e. The van der Waals surface area contributed by atoms with Crippen molar-refractivity contribution < 1.29 is 24.1 Å². The fraction of sp³-hybridized carbons (Fsp3) is 0. The first-order valence-corrected chi connectivity index (χ1v) is 5.81. The van der Waals surface area contributed by atoms with Gasteiger partial charge >= 0.3 is 0 Å². The largest absolute Gasteiger partial charge is 0.504 e. The first-order valence-electron chi connectivity index (χ1n) is 5.81. The van der Waals surface area contributed by atoms with E-state index >= 15 is 0 Å². The Kier molecular flexibility index (Phi) is 2.68. The van der Waals surface area contributed by atoms with Crippen LogP contribution in [0.3, 0.4) is 0 Å². The summed E-state index contributed by atoms with van der Waals surface area (Å²) in [7, 11) is 0. The topological polar surface area (TPSA) is 66.8 Å². The lowest BCUT2D eigenvalue weighted by Gasteiger charge is -2.02. The van der Waals surface area contributed by atoms with E-state index in [1.807, 2.05) is 0 Å². The van der Waals surface area contributed by atoms with Gasteiger partial charge in [0.15, 0.2) is 17.3 Å². The van der Waals surface area contributed by atoms with Crippen molar-refractivity contribution in [1.29, 1.82) is 0 Å². The van der Waals surface area contributed by atoms with Gasteiger partial charge in [-0.25, -0.2) is 4.39 Å². The quantitative estimate of drug-likeness (QED) is 0.618. The number of halogens is 1. The molecule has 0 aromatic heterocycles.